The highest BCUT2D eigenvalue weighted by Crippen LogP contribution is 2.39. The Hall–Kier alpha value is -3.03. The van der Waals surface area contributed by atoms with Crippen molar-refractivity contribution in [3.05, 3.63) is 23.3 Å². The second-order valence-electron chi connectivity index (χ2n) is 6.39. The zero-order chi connectivity index (χ0) is 19.6. The molecule has 8 heteroatoms. The van der Waals surface area contributed by atoms with E-state index in [-0.39, 0.29) is 11.6 Å². The van der Waals surface area contributed by atoms with Crippen LogP contribution in [0.25, 0.3) is 6.08 Å². The van der Waals surface area contributed by atoms with Crippen LogP contribution in [0.1, 0.15) is 31.2 Å². The molecular formula is C19H22N2O6. The van der Waals surface area contributed by atoms with E-state index in [1.807, 2.05) is 0 Å². The number of methoxy groups -OCH3 is 3. The lowest BCUT2D eigenvalue weighted by Crippen LogP contribution is -2.57. The number of carbonyl (C=O) groups excluding carboxylic acids is 3. The van der Waals surface area contributed by atoms with Gasteiger partial charge in [-0.3, -0.25) is 19.8 Å². The summed E-state index contributed by atoms with van der Waals surface area (Å²) in [5, 5.41) is 2.26. The Bertz CT molecular complexity index is 785. The van der Waals surface area contributed by atoms with Gasteiger partial charge in [0.2, 0.25) is 5.75 Å². The number of rotatable bonds is 5. The molecule has 0 bridgehead atoms. The molecule has 1 saturated heterocycles. The molecule has 2 fully saturated rings. The maximum absolute atomic E-state index is 12.9. The average Bonchev–Trinajstić information content (AvgIpc) is 3.18. The molecule has 8 nitrogen and oxygen atoms in total. The number of ether oxygens (including phenoxy) is 3. The van der Waals surface area contributed by atoms with Gasteiger partial charge in [-0.05, 0) is 36.6 Å². The number of barbiturate groups is 1. The number of carbonyl (C=O) groups is 3. The van der Waals surface area contributed by atoms with Crippen LogP contribution in [0.15, 0.2) is 17.7 Å². The fourth-order valence-electron chi connectivity index (χ4n) is 3.52. The summed E-state index contributed by atoms with van der Waals surface area (Å²) in [6.07, 6.45) is 4.86. The summed E-state index contributed by atoms with van der Waals surface area (Å²) in [4.78, 5) is 38.5. The Labute approximate surface area is 157 Å². The van der Waals surface area contributed by atoms with E-state index in [2.05, 4.69) is 5.32 Å². The van der Waals surface area contributed by atoms with E-state index in [1.165, 1.54) is 27.4 Å². The Morgan fingerprint density at radius 2 is 1.59 bits per heavy atom. The monoisotopic (exact) mass is 374 g/mol. The van der Waals surface area contributed by atoms with Gasteiger partial charge < -0.3 is 14.2 Å². The van der Waals surface area contributed by atoms with Crippen LogP contribution in [0.3, 0.4) is 0 Å². The Kier molecular flexibility index (Phi) is 5.34. The molecule has 0 atom stereocenters. The van der Waals surface area contributed by atoms with Gasteiger partial charge in [0.25, 0.3) is 11.8 Å². The Balaban J connectivity index is 2.00. The second-order valence-corrected chi connectivity index (χ2v) is 6.39. The summed E-state index contributed by atoms with van der Waals surface area (Å²) in [7, 11) is 4.45. The zero-order valence-corrected chi connectivity index (χ0v) is 15.5. The van der Waals surface area contributed by atoms with Crippen LogP contribution in [0.2, 0.25) is 0 Å². The molecule has 1 aliphatic carbocycles. The minimum absolute atomic E-state index is 0.101. The number of imide groups is 2. The number of benzene rings is 1. The van der Waals surface area contributed by atoms with Crippen LogP contribution in [-0.2, 0) is 9.59 Å². The number of urea groups is 1. The van der Waals surface area contributed by atoms with E-state index in [1.54, 1.807) is 12.1 Å². The number of nitrogens with one attached hydrogen (secondary N) is 1. The normalized spacial score (nSPS) is 19.4. The summed E-state index contributed by atoms with van der Waals surface area (Å²) >= 11 is 0. The molecule has 1 heterocycles. The van der Waals surface area contributed by atoms with Gasteiger partial charge in [-0.2, -0.15) is 0 Å². The van der Waals surface area contributed by atoms with Gasteiger partial charge in [0.05, 0.1) is 21.3 Å². The lowest BCUT2D eigenvalue weighted by Gasteiger charge is -2.31. The maximum atomic E-state index is 12.9. The predicted molar refractivity (Wildman–Crippen MR) is 96.7 cm³/mol. The van der Waals surface area contributed by atoms with Gasteiger partial charge in [0, 0.05) is 6.04 Å². The van der Waals surface area contributed by atoms with Crippen LogP contribution in [-0.4, -0.2) is 50.1 Å². The highest BCUT2D eigenvalue weighted by Gasteiger charge is 2.40. The molecule has 2 aliphatic rings. The topological polar surface area (TPSA) is 94.2 Å². The molecule has 1 N–H and O–H groups in total. The quantitative estimate of drug-likeness (QED) is 0.627. The lowest BCUT2D eigenvalue weighted by molar-refractivity contribution is -0.131. The standard InChI is InChI=1S/C19H22N2O6/c1-25-14-9-11(10-15(26-2)16(14)27-3)8-13-17(22)20-19(24)21(18(13)23)12-6-4-5-7-12/h8-10,12H,4-7H2,1-3H3,(H,20,22,24)/b13-8+. The third-order valence-electron chi connectivity index (χ3n) is 4.82. The summed E-state index contributed by atoms with van der Waals surface area (Å²) in [6, 6.07) is 2.43. The Morgan fingerprint density at radius 3 is 2.11 bits per heavy atom. The van der Waals surface area contributed by atoms with Crippen LogP contribution in [0.4, 0.5) is 4.79 Å². The summed E-state index contributed by atoms with van der Waals surface area (Å²) in [5.41, 5.74) is 0.416. The summed E-state index contributed by atoms with van der Waals surface area (Å²) in [6.45, 7) is 0. The number of hydrogen-bond donors (Lipinski definition) is 1. The highest BCUT2D eigenvalue weighted by molar-refractivity contribution is 6.31. The fourth-order valence-corrected chi connectivity index (χ4v) is 3.52. The molecule has 27 heavy (non-hydrogen) atoms. The number of nitrogens with zero attached hydrogens (tertiary/aromatic N) is 1. The number of amides is 4. The van der Waals surface area contributed by atoms with Gasteiger partial charge in [0.15, 0.2) is 11.5 Å². The smallest absolute Gasteiger partial charge is 0.331 e. The van der Waals surface area contributed by atoms with Crippen molar-refractivity contribution in [1.82, 2.24) is 10.2 Å². The minimum Gasteiger partial charge on any atom is -0.493 e. The van der Waals surface area contributed by atoms with Crippen molar-refractivity contribution in [1.29, 1.82) is 0 Å². The molecule has 0 spiro atoms. The molecule has 1 aromatic carbocycles. The Morgan fingerprint density at radius 1 is 1.00 bits per heavy atom. The minimum atomic E-state index is -0.715. The van der Waals surface area contributed by atoms with E-state index in [0.29, 0.717) is 22.8 Å². The van der Waals surface area contributed by atoms with Crippen molar-refractivity contribution in [3.63, 3.8) is 0 Å². The summed E-state index contributed by atoms with van der Waals surface area (Å²) in [5.74, 6) is -0.0890. The largest absolute Gasteiger partial charge is 0.493 e. The third-order valence-corrected chi connectivity index (χ3v) is 4.82. The van der Waals surface area contributed by atoms with E-state index in [0.717, 1.165) is 30.6 Å². The van der Waals surface area contributed by atoms with Gasteiger partial charge in [0.1, 0.15) is 5.57 Å². The first-order valence-electron chi connectivity index (χ1n) is 8.70. The molecule has 4 amide bonds. The molecular weight excluding hydrogens is 352 g/mol. The van der Waals surface area contributed by atoms with Crippen molar-refractivity contribution in [2.45, 2.75) is 31.7 Å². The molecule has 1 aromatic rings. The van der Waals surface area contributed by atoms with Crippen molar-refractivity contribution < 1.29 is 28.6 Å². The van der Waals surface area contributed by atoms with Crippen molar-refractivity contribution in [2.75, 3.05) is 21.3 Å². The number of hydrogen-bond acceptors (Lipinski definition) is 6. The highest BCUT2D eigenvalue weighted by atomic mass is 16.5. The first-order valence-corrected chi connectivity index (χ1v) is 8.70. The third kappa shape index (κ3) is 3.47. The van der Waals surface area contributed by atoms with Crippen LogP contribution in [0.5, 0.6) is 17.2 Å². The lowest BCUT2D eigenvalue weighted by atomic mass is 10.0. The van der Waals surface area contributed by atoms with E-state index in [9.17, 15) is 14.4 Å². The summed E-state index contributed by atoms with van der Waals surface area (Å²) < 4.78 is 15.9. The molecule has 144 valence electrons. The molecule has 0 radical (unpaired) electrons. The molecule has 3 rings (SSSR count). The second kappa shape index (κ2) is 7.69. The first-order chi connectivity index (χ1) is 13.0. The van der Waals surface area contributed by atoms with Gasteiger partial charge >= 0.3 is 6.03 Å². The van der Waals surface area contributed by atoms with Crippen LogP contribution in [0, 0.1) is 0 Å². The van der Waals surface area contributed by atoms with E-state index >= 15 is 0 Å². The van der Waals surface area contributed by atoms with Gasteiger partial charge in [-0.1, -0.05) is 12.8 Å². The van der Waals surface area contributed by atoms with Crippen molar-refractivity contribution >= 4 is 23.9 Å². The van der Waals surface area contributed by atoms with E-state index in [4.69, 9.17) is 14.2 Å². The fraction of sp³-hybridized carbons (Fsp3) is 0.421. The predicted octanol–water partition coefficient (Wildman–Crippen LogP) is 2.12. The molecule has 0 aromatic heterocycles. The first kappa shape index (κ1) is 18.8. The van der Waals surface area contributed by atoms with Crippen molar-refractivity contribution in [3.8, 4) is 17.2 Å². The van der Waals surface area contributed by atoms with Crippen molar-refractivity contribution in [2.24, 2.45) is 0 Å². The SMILES string of the molecule is COc1cc(/C=C2\C(=O)NC(=O)N(C3CCCC3)C2=O)cc(OC)c1OC. The van der Waals surface area contributed by atoms with Crippen LogP contribution < -0.4 is 19.5 Å². The maximum Gasteiger partial charge on any atom is 0.331 e. The van der Waals surface area contributed by atoms with Crippen LogP contribution >= 0.6 is 0 Å². The van der Waals surface area contributed by atoms with Gasteiger partial charge in [-0.15, -0.1) is 0 Å². The molecule has 1 saturated carbocycles. The van der Waals surface area contributed by atoms with Gasteiger partial charge in [-0.25, -0.2) is 4.79 Å². The molecule has 0 unspecified atom stereocenters. The van der Waals surface area contributed by atoms with E-state index < -0.39 is 17.8 Å². The average molecular weight is 374 g/mol. The zero-order valence-electron chi connectivity index (χ0n) is 15.5. The molecule has 1 aliphatic heterocycles.